The van der Waals surface area contributed by atoms with Crippen LogP contribution in [0.15, 0.2) is 116 Å². The minimum atomic E-state index is -1.85. The Morgan fingerprint density at radius 3 is 1.39 bits per heavy atom. The number of H-pyrrole nitrogens is 2. The Morgan fingerprint density at radius 1 is 0.648 bits per heavy atom. The van der Waals surface area contributed by atoms with Crippen molar-refractivity contribution in [1.82, 2.24) is 31.2 Å². The smallest absolute Gasteiger partial charge is 0.336 e. The van der Waals surface area contributed by atoms with E-state index in [1.807, 2.05) is 38.0 Å². The fourth-order valence-electron chi connectivity index (χ4n) is 5.86. The summed E-state index contributed by atoms with van der Waals surface area (Å²) < 4.78 is 44.2. The van der Waals surface area contributed by atoms with E-state index in [0.717, 1.165) is 27.7 Å². The summed E-state index contributed by atoms with van der Waals surface area (Å²) in [4.78, 5) is 70.2. The Kier molecular flexibility index (Phi) is 21.9. The summed E-state index contributed by atoms with van der Waals surface area (Å²) >= 11 is 12.0. The van der Waals surface area contributed by atoms with Crippen LogP contribution in [-0.4, -0.2) is 103 Å². The largest absolute Gasteiger partial charge is 0.479 e. The summed E-state index contributed by atoms with van der Waals surface area (Å²) in [7, 11) is 0. The van der Waals surface area contributed by atoms with Gasteiger partial charge in [-0.25, -0.2) is 28.4 Å². The molecule has 2 amide bonds. The summed E-state index contributed by atoms with van der Waals surface area (Å²) in [6, 6.07) is 24.5. The summed E-state index contributed by atoms with van der Waals surface area (Å²) in [6.45, 7) is 6.59. The number of carboxylic acids is 1. The maximum absolute atomic E-state index is 15.0. The summed E-state index contributed by atoms with van der Waals surface area (Å²) in [6.07, 6.45) is -3.48. The monoisotopic (exact) mass is 1030 g/mol. The minimum absolute atomic E-state index is 0.0607. The number of aromatic amines is 2. The molecule has 2 heterocycles. The highest BCUT2D eigenvalue weighted by Gasteiger charge is 2.26. The maximum atomic E-state index is 15.0. The Hall–Kier alpha value is -6.98. The molecule has 0 aliphatic rings. The average molecular weight is 1030 g/mol. The van der Waals surface area contributed by atoms with Crippen molar-refractivity contribution in [3.05, 3.63) is 162 Å². The molecule has 19 nitrogen and oxygen atoms in total. The van der Waals surface area contributed by atoms with Crippen molar-refractivity contribution in [2.24, 2.45) is 11.8 Å². The van der Waals surface area contributed by atoms with Gasteiger partial charge in [-0.15, -0.1) is 0 Å². The molecule has 8 N–H and O–H groups in total. The first-order valence-corrected chi connectivity index (χ1v) is 22.3. The molecule has 4 aromatic carbocycles. The van der Waals surface area contributed by atoms with Gasteiger partial charge in [-0.3, -0.25) is 30.0 Å². The van der Waals surface area contributed by atoms with Crippen LogP contribution in [0.2, 0.25) is 10.0 Å². The number of hydrogen-bond donors (Lipinski definition) is 8. The number of benzene rings is 4. The van der Waals surface area contributed by atoms with Crippen molar-refractivity contribution in [3.63, 3.8) is 0 Å². The summed E-state index contributed by atoms with van der Waals surface area (Å²) in [5.74, 6) is -5.51. The number of aromatic nitrogens is 2. The molecule has 0 saturated heterocycles. The highest BCUT2D eigenvalue weighted by atomic mass is 35.5. The molecule has 2 aromatic heterocycles. The van der Waals surface area contributed by atoms with Crippen molar-refractivity contribution in [3.8, 4) is 22.3 Å². The lowest BCUT2D eigenvalue weighted by Crippen LogP contribution is -2.47. The predicted octanol–water partition coefficient (Wildman–Crippen LogP) is 5.79. The van der Waals surface area contributed by atoms with Crippen molar-refractivity contribution in [2.45, 2.75) is 53.0 Å². The second-order valence-corrected chi connectivity index (χ2v) is 17.3. The molecule has 6 aromatic rings. The SMILES string of the molecule is CC(C)CO.CC(C)COC(=O)[C@H](O)CN(Cc1ccc(-c2cccc(Cl)c2)cc1F)NC(=O)c1cc(=O)[nH]o1.O=C(NN(Cc1ccc(-c2cccc(Cl)c2)cc1F)C[C@@H](O)C(=O)O)c1cc(=O)[nH]o1. The summed E-state index contributed by atoms with van der Waals surface area (Å²) in [5, 5.41) is 44.1. The number of aliphatic carboxylic acids is 1. The van der Waals surface area contributed by atoms with E-state index in [9.17, 15) is 47.8 Å². The Morgan fingerprint density at radius 2 is 1.06 bits per heavy atom. The van der Waals surface area contributed by atoms with Crippen LogP contribution in [0.25, 0.3) is 22.3 Å². The summed E-state index contributed by atoms with van der Waals surface area (Å²) in [5.41, 5.74) is 6.32. The van der Waals surface area contributed by atoms with Crippen LogP contribution < -0.4 is 22.0 Å². The number of aliphatic hydroxyl groups is 3. The van der Waals surface area contributed by atoms with E-state index < -0.39 is 71.8 Å². The van der Waals surface area contributed by atoms with Crippen LogP contribution in [0.5, 0.6) is 0 Å². The molecule has 0 unspecified atom stereocenters. The van der Waals surface area contributed by atoms with E-state index >= 15 is 0 Å². The predicted molar refractivity (Wildman–Crippen MR) is 255 cm³/mol. The van der Waals surface area contributed by atoms with E-state index in [2.05, 4.69) is 15.4 Å². The molecule has 380 valence electrons. The fraction of sp³-hybridized carbons (Fsp3) is 0.292. The van der Waals surface area contributed by atoms with Crippen LogP contribution in [0.4, 0.5) is 8.78 Å². The number of hydrogen-bond acceptors (Lipinski definition) is 14. The Bertz CT molecular complexity index is 2850. The normalized spacial score (nSPS) is 11.9. The first-order chi connectivity index (χ1) is 33.6. The number of amides is 2. The van der Waals surface area contributed by atoms with Crippen molar-refractivity contribution in [1.29, 1.82) is 0 Å². The van der Waals surface area contributed by atoms with Gasteiger partial charge in [0.2, 0.25) is 11.5 Å². The molecule has 0 aliphatic heterocycles. The topological polar surface area (TPSA) is 281 Å². The molecule has 0 aliphatic carbocycles. The highest BCUT2D eigenvalue weighted by Crippen LogP contribution is 2.27. The van der Waals surface area contributed by atoms with E-state index in [0.29, 0.717) is 39.3 Å². The number of rotatable bonds is 19. The van der Waals surface area contributed by atoms with E-state index in [1.165, 1.54) is 24.3 Å². The van der Waals surface area contributed by atoms with E-state index in [4.69, 9.17) is 42.7 Å². The molecule has 6 rings (SSSR count). The number of carboxylic acid groups (broad SMARTS) is 1. The van der Waals surface area contributed by atoms with E-state index in [-0.39, 0.29) is 48.3 Å². The molecule has 2 atom stereocenters. The van der Waals surface area contributed by atoms with Gasteiger partial charge in [-0.2, -0.15) is 10.3 Å². The molecule has 0 spiro atoms. The van der Waals surface area contributed by atoms with Gasteiger partial charge in [0.25, 0.3) is 11.1 Å². The van der Waals surface area contributed by atoms with Crippen LogP contribution in [0, 0.1) is 23.5 Å². The van der Waals surface area contributed by atoms with Gasteiger partial charge in [0.05, 0.1) is 31.8 Å². The van der Waals surface area contributed by atoms with Gasteiger partial charge in [0, 0.05) is 40.9 Å². The lowest BCUT2D eigenvalue weighted by Gasteiger charge is -2.25. The molecule has 0 bridgehead atoms. The molecule has 0 saturated carbocycles. The lowest BCUT2D eigenvalue weighted by atomic mass is 10.0. The molecule has 71 heavy (non-hydrogen) atoms. The zero-order valence-corrected chi connectivity index (χ0v) is 40.2. The second kappa shape index (κ2) is 27.4. The van der Waals surface area contributed by atoms with Gasteiger partial charge >= 0.3 is 23.8 Å². The number of hydrazine groups is 2. The van der Waals surface area contributed by atoms with Crippen LogP contribution in [-0.2, 0) is 27.4 Å². The van der Waals surface area contributed by atoms with Gasteiger partial charge in [0.1, 0.15) is 11.6 Å². The van der Waals surface area contributed by atoms with Gasteiger partial charge in [-0.1, -0.05) is 99.4 Å². The average Bonchev–Trinajstić information content (AvgIpc) is 3.97. The number of nitrogens with zero attached hydrogens (tertiary/aromatic N) is 2. The number of aliphatic hydroxyl groups excluding tert-OH is 3. The third-order valence-electron chi connectivity index (χ3n) is 9.43. The first kappa shape index (κ1) is 56.6. The van der Waals surface area contributed by atoms with Crippen molar-refractivity contribution in [2.75, 3.05) is 26.3 Å². The molecular weight excluding hydrogens is 977 g/mol. The Balaban J connectivity index is 0.000000283. The number of nitrogens with one attached hydrogen (secondary N) is 4. The standard InChI is InChI=1S/C24H25ClFN3O6.C20H17ClFN3O6.C4H10O/c1-14(2)13-34-24(33)20(30)12-29(27-23(32)21-10-22(31)28-35-21)11-17-7-6-16(9-19(17)26)15-4-3-5-18(25)8-15;21-14-3-1-2-11(6-14)12-4-5-13(15(22)7-12)9-25(10-16(26)20(29)30)23-19(28)17-8-18(27)24-31-17;1-4(2)3-5/h3-10,14,20,30H,11-13H2,1-2H3,(H,27,32)(H,28,31);1-8,16,26H,9-10H2,(H,23,28)(H,24,27)(H,29,30);4-5H,3H2,1-2H3/t20-;16-;/m11./s1. The zero-order valence-electron chi connectivity index (χ0n) is 38.7. The van der Waals surface area contributed by atoms with Crippen molar-refractivity contribution < 1.29 is 62.2 Å². The minimum Gasteiger partial charge on any atom is -0.479 e. The van der Waals surface area contributed by atoms with Crippen LogP contribution >= 0.6 is 23.2 Å². The highest BCUT2D eigenvalue weighted by molar-refractivity contribution is 6.31. The van der Waals surface area contributed by atoms with Gasteiger partial charge in [0.15, 0.2) is 12.2 Å². The second-order valence-electron chi connectivity index (χ2n) is 16.4. The number of esters is 1. The number of carbonyl (C=O) groups is 4. The third-order valence-corrected chi connectivity index (χ3v) is 9.90. The molecular formula is C48H52Cl2F2N6O13. The zero-order chi connectivity index (χ0) is 52.4. The Labute approximate surface area is 414 Å². The molecule has 23 heteroatoms. The quantitative estimate of drug-likeness (QED) is 0.0352. The number of carbonyl (C=O) groups excluding carboxylic acids is 3. The van der Waals surface area contributed by atoms with Gasteiger partial charge in [-0.05, 0) is 70.5 Å². The number of ether oxygens (including phenoxy) is 1. The maximum Gasteiger partial charge on any atom is 0.336 e. The van der Waals surface area contributed by atoms with Crippen LogP contribution in [0.3, 0.4) is 0 Å². The molecule has 0 fully saturated rings. The first-order valence-electron chi connectivity index (χ1n) is 21.6. The fourth-order valence-corrected chi connectivity index (χ4v) is 6.24. The third kappa shape index (κ3) is 18.7. The molecule has 0 radical (unpaired) electrons. The number of halogens is 4. The van der Waals surface area contributed by atoms with Crippen LogP contribution in [0.1, 0.15) is 59.9 Å². The van der Waals surface area contributed by atoms with E-state index in [1.54, 1.807) is 60.7 Å². The lowest BCUT2D eigenvalue weighted by molar-refractivity contribution is -0.156. The van der Waals surface area contributed by atoms with Gasteiger partial charge < -0.3 is 34.2 Å². The van der Waals surface area contributed by atoms with Crippen molar-refractivity contribution >= 4 is 47.0 Å².